The SMILES string of the molecule is COc1ccc(N(CCCC(=O)N(Cc2ccc(Cl)cc2)[C@H](C)C(=O)NCC(C)C)S(C)(=O)=O)cc1Cl. The van der Waals surface area contributed by atoms with Crippen molar-refractivity contribution in [2.45, 2.75) is 46.2 Å². The van der Waals surface area contributed by atoms with Crippen LogP contribution in [0, 0.1) is 5.92 Å². The number of methoxy groups -OCH3 is 1. The van der Waals surface area contributed by atoms with E-state index in [1.807, 2.05) is 13.8 Å². The molecule has 0 saturated heterocycles. The molecule has 0 aliphatic heterocycles. The lowest BCUT2D eigenvalue weighted by Gasteiger charge is -2.29. The number of ether oxygens (including phenoxy) is 1. The van der Waals surface area contributed by atoms with Crippen LogP contribution < -0.4 is 14.4 Å². The van der Waals surface area contributed by atoms with Crippen molar-refractivity contribution in [3.8, 4) is 5.75 Å². The Bertz CT molecular complexity index is 1170. The maximum Gasteiger partial charge on any atom is 0.242 e. The van der Waals surface area contributed by atoms with E-state index in [1.165, 1.54) is 22.4 Å². The molecular weight excluding hydrogens is 537 g/mol. The van der Waals surface area contributed by atoms with Gasteiger partial charge in [-0.25, -0.2) is 8.42 Å². The van der Waals surface area contributed by atoms with Gasteiger partial charge in [0.15, 0.2) is 0 Å². The Balaban J connectivity index is 2.17. The first-order valence-electron chi connectivity index (χ1n) is 12.0. The van der Waals surface area contributed by atoms with Crippen LogP contribution in [0.1, 0.15) is 39.2 Å². The molecule has 0 fully saturated rings. The molecule has 37 heavy (non-hydrogen) atoms. The van der Waals surface area contributed by atoms with Crippen LogP contribution in [0.25, 0.3) is 0 Å². The lowest BCUT2D eigenvalue weighted by molar-refractivity contribution is -0.140. The maximum absolute atomic E-state index is 13.3. The van der Waals surface area contributed by atoms with Gasteiger partial charge in [-0.2, -0.15) is 0 Å². The Kier molecular flexibility index (Phi) is 11.5. The number of carbonyl (C=O) groups is 2. The summed E-state index contributed by atoms with van der Waals surface area (Å²) in [4.78, 5) is 27.6. The monoisotopic (exact) mass is 571 g/mol. The van der Waals surface area contributed by atoms with E-state index in [9.17, 15) is 18.0 Å². The predicted molar refractivity (Wildman–Crippen MR) is 149 cm³/mol. The Morgan fingerprint density at radius 1 is 1.05 bits per heavy atom. The topological polar surface area (TPSA) is 96.0 Å². The van der Waals surface area contributed by atoms with Crippen LogP contribution >= 0.6 is 23.2 Å². The smallest absolute Gasteiger partial charge is 0.242 e. The number of sulfonamides is 1. The van der Waals surface area contributed by atoms with Crippen LogP contribution in [-0.2, 0) is 26.2 Å². The zero-order chi connectivity index (χ0) is 27.8. The first kappa shape index (κ1) is 30.7. The average molecular weight is 573 g/mol. The number of carbonyl (C=O) groups excluding carboxylic acids is 2. The van der Waals surface area contributed by atoms with Gasteiger partial charge in [0, 0.05) is 31.1 Å². The highest BCUT2D eigenvalue weighted by molar-refractivity contribution is 7.92. The molecule has 0 saturated carbocycles. The van der Waals surface area contributed by atoms with Gasteiger partial charge >= 0.3 is 0 Å². The number of hydrogen-bond acceptors (Lipinski definition) is 5. The number of nitrogens with zero attached hydrogens (tertiary/aromatic N) is 2. The molecule has 2 amide bonds. The third kappa shape index (κ3) is 9.39. The molecule has 0 aliphatic carbocycles. The van der Waals surface area contributed by atoms with Crippen LogP contribution in [-0.4, -0.2) is 57.6 Å². The van der Waals surface area contributed by atoms with Crippen LogP contribution in [0.5, 0.6) is 5.75 Å². The second kappa shape index (κ2) is 13.9. The second-order valence-corrected chi connectivity index (χ2v) is 12.0. The van der Waals surface area contributed by atoms with Crippen molar-refractivity contribution in [3.05, 3.63) is 58.1 Å². The average Bonchev–Trinajstić information content (AvgIpc) is 2.83. The van der Waals surface area contributed by atoms with E-state index in [0.29, 0.717) is 23.0 Å². The van der Waals surface area contributed by atoms with E-state index in [4.69, 9.17) is 27.9 Å². The zero-order valence-corrected chi connectivity index (χ0v) is 24.2. The first-order valence-corrected chi connectivity index (χ1v) is 14.6. The molecule has 0 radical (unpaired) electrons. The minimum atomic E-state index is -3.64. The summed E-state index contributed by atoms with van der Waals surface area (Å²) in [6.07, 6.45) is 1.39. The van der Waals surface area contributed by atoms with Gasteiger partial charge in [0.05, 0.1) is 24.1 Å². The summed E-state index contributed by atoms with van der Waals surface area (Å²) >= 11 is 12.2. The van der Waals surface area contributed by atoms with Gasteiger partial charge in [0.1, 0.15) is 11.8 Å². The van der Waals surface area contributed by atoms with Crippen molar-refractivity contribution in [2.24, 2.45) is 5.92 Å². The van der Waals surface area contributed by atoms with Gasteiger partial charge in [0.2, 0.25) is 21.8 Å². The van der Waals surface area contributed by atoms with Crippen molar-refractivity contribution in [1.29, 1.82) is 0 Å². The highest BCUT2D eigenvalue weighted by atomic mass is 35.5. The van der Waals surface area contributed by atoms with Crippen molar-refractivity contribution in [1.82, 2.24) is 10.2 Å². The van der Waals surface area contributed by atoms with Gasteiger partial charge in [-0.1, -0.05) is 49.2 Å². The Labute approximate surface area is 229 Å². The highest BCUT2D eigenvalue weighted by Gasteiger charge is 2.27. The van der Waals surface area contributed by atoms with E-state index in [1.54, 1.807) is 43.3 Å². The Hall–Kier alpha value is -2.49. The molecule has 204 valence electrons. The summed E-state index contributed by atoms with van der Waals surface area (Å²) in [5.74, 6) is 0.187. The maximum atomic E-state index is 13.3. The fourth-order valence-electron chi connectivity index (χ4n) is 3.64. The van der Waals surface area contributed by atoms with Gasteiger partial charge in [-0.15, -0.1) is 0 Å². The number of benzene rings is 2. The van der Waals surface area contributed by atoms with Crippen LogP contribution in [0.2, 0.25) is 10.0 Å². The van der Waals surface area contributed by atoms with Crippen molar-refractivity contribution in [2.75, 3.05) is 30.8 Å². The van der Waals surface area contributed by atoms with Gasteiger partial charge < -0.3 is 15.0 Å². The fraction of sp³-hybridized carbons (Fsp3) is 0.462. The van der Waals surface area contributed by atoms with Crippen molar-refractivity contribution < 1.29 is 22.7 Å². The summed E-state index contributed by atoms with van der Waals surface area (Å²) in [7, 11) is -2.17. The third-order valence-electron chi connectivity index (χ3n) is 5.69. The van der Waals surface area contributed by atoms with E-state index in [2.05, 4.69) is 5.32 Å². The quantitative estimate of drug-likeness (QED) is 0.374. The van der Waals surface area contributed by atoms with Crippen molar-refractivity contribution in [3.63, 3.8) is 0 Å². The molecule has 1 atom stereocenters. The van der Waals surface area contributed by atoms with Crippen LogP contribution in [0.3, 0.4) is 0 Å². The van der Waals surface area contributed by atoms with E-state index in [0.717, 1.165) is 11.8 Å². The molecule has 2 aromatic rings. The number of anilines is 1. The van der Waals surface area contributed by atoms with E-state index >= 15 is 0 Å². The third-order valence-corrected chi connectivity index (χ3v) is 7.43. The lowest BCUT2D eigenvalue weighted by Crippen LogP contribution is -2.48. The summed E-state index contributed by atoms with van der Waals surface area (Å²) in [5, 5.41) is 3.73. The predicted octanol–water partition coefficient (Wildman–Crippen LogP) is 4.74. The highest BCUT2D eigenvalue weighted by Crippen LogP contribution is 2.30. The van der Waals surface area contributed by atoms with Crippen LogP contribution in [0.4, 0.5) is 5.69 Å². The number of hydrogen-bond donors (Lipinski definition) is 1. The fourth-order valence-corrected chi connectivity index (χ4v) is 4.97. The standard InChI is InChI=1S/C26H35Cl2N3O5S/c1-18(2)16-29-26(33)19(3)30(17-20-8-10-21(27)11-9-20)25(32)7-6-14-31(37(5,34)35)22-12-13-24(36-4)23(28)15-22/h8-13,15,18-19H,6-7,14,16-17H2,1-5H3,(H,29,33)/t19-/m1/s1. The van der Waals surface area contributed by atoms with E-state index in [-0.39, 0.29) is 48.7 Å². The molecule has 0 aliphatic rings. The molecule has 0 bridgehead atoms. The Morgan fingerprint density at radius 2 is 1.70 bits per heavy atom. The normalized spacial score (nSPS) is 12.2. The number of nitrogens with one attached hydrogen (secondary N) is 1. The molecule has 8 nitrogen and oxygen atoms in total. The lowest BCUT2D eigenvalue weighted by atomic mass is 10.1. The minimum Gasteiger partial charge on any atom is -0.495 e. The molecular formula is C26H35Cl2N3O5S. The van der Waals surface area contributed by atoms with E-state index < -0.39 is 16.1 Å². The largest absolute Gasteiger partial charge is 0.495 e. The zero-order valence-electron chi connectivity index (χ0n) is 21.8. The Morgan fingerprint density at radius 3 is 2.24 bits per heavy atom. The molecule has 0 unspecified atom stereocenters. The minimum absolute atomic E-state index is 0.0469. The summed E-state index contributed by atoms with van der Waals surface area (Å²) in [6, 6.07) is 11.1. The second-order valence-electron chi connectivity index (χ2n) is 9.22. The summed E-state index contributed by atoms with van der Waals surface area (Å²) < 4.78 is 31.3. The molecule has 0 spiro atoms. The van der Waals surface area contributed by atoms with Crippen molar-refractivity contribution >= 4 is 50.7 Å². The first-order chi connectivity index (χ1) is 17.3. The molecule has 11 heteroatoms. The van der Waals surface area contributed by atoms with Gasteiger partial charge in [-0.3, -0.25) is 13.9 Å². The molecule has 0 aromatic heterocycles. The molecule has 2 aromatic carbocycles. The summed E-state index contributed by atoms with van der Waals surface area (Å²) in [5.41, 5.74) is 1.20. The van der Waals surface area contributed by atoms with Gasteiger partial charge in [-0.05, 0) is 55.2 Å². The number of rotatable bonds is 13. The molecule has 0 heterocycles. The number of halogens is 2. The number of amides is 2. The summed E-state index contributed by atoms with van der Waals surface area (Å²) in [6.45, 7) is 6.45. The molecule has 2 rings (SSSR count). The van der Waals surface area contributed by atoms with Crippen LogP contribution in [0.15, 0.2) is 42.5 Å². The molecule has 1 N–H and O–H groups in total. The van der Waals surface area contributed by atoms with Gasteiger partial charge in [0.25, 0.3) is 0 Å².